The highest BCUT2D eigenvalue weighted by atomic mass is 16.2. The molecule has 0 aromatic rings. The van der Waals surface area contributed by atoms with Crippen LogP contribution in [0.4, 0.5) is 0 Å². The number of carbonyl (C=O) groups is 1. The lowest BCUT2D eigenvalue weighted by atomic mass is 9.99. The summed E-state index contributed by atoms with van der Waals surface area (Å²) in [6.45, 7) is 8.36. The normalized spacial score (nSPS) is 20.2. The summed E-state index contributed by atoms with van der Waals surface area (Å²) >= 11 is 0. The maximum absolute atomic E-state index is 11.6. The van der Waals surface area contributed by atoms with Gasteiger partial charge in [0.15, 0.2) is 0 Å². The van der Waals surface area contributed by atoms with Crippen LogP contribution in [-0.4, -0.2) is 43.0 Å². The highest BCUT2D eigenvalue weighted by Gasteiger charge is 2.16. The van der Waals surface area contributed by atoms with Crippen molar-refractivity contribution in [2.45, 2.75) is 45.6 Å². The molecule has 100 valence electrons. The molecule has 3 N–H and O–H groups in total. The predicted octanol–water partition coefficient (Wildman–Crippen LogP) is 0.962. The fourth-order valence-electron chi connectivity index (χ4n) is 2.20. The van der Waals surface area contributed by atoms with Crippen molar-refractivity contribution in [1.29, 1.82) is 0 Å². The molecule has 17 heavy (non-hydrogen) atoms. The van der Waals surface area contributed by atoms with Crippen molar-refractivity contribution in [1.82, 2.24) is 10.2 Å². The first kappa shape index (κ1) is 14.5. The summed E-state index contributed by atoms with van der Waals surface area (Å²) in [5.74, 6) is 0.857. The molecule has 0 spiro atoms. The van der Waals surface area contributed by atoms with Crippen LogP contribution >= 0.6 is 0 Å². The van der Waals surface area contributed by atoms with Crippen molar-refractivity contribution in [2.75, 3.05) is 26.2 Å². The van der Waals surface area contributed by atoms with Crippen molar-refractivity contribution >= 4 is 5.91 Å². The molecule has 1 aliphatic heterocycles. The Labute approximate surface area is 105 Å². The minimum Gasteiger partial charge on any atom is -0.353 e. The van der Waals surface area contributed by atoms with Gasteiger partial charge in [-0.05, 0) is 38.3 Å². The Hall–Kier alpha value is -0.610. The number of hydrogen-bond acceptors (Lipinski definition) is 3. The minimum absolute atomic E-state index is 0.00257. The smallest absolute Gasteiger partial charge is 0.236 e. The number of amides is 1. The van der Waals surface area contributed by atoms with Crippen molar-refractivity contribution in [3.63, 3.8) is 0 Å². The van der Waals surface area contributed by atoms with E-state index in [2.05, 4.69) is 17.1 Å². The van der Waals surface area contributed by atoms with Gasteiger partial charge in [0.25, 0.3) is 0 Å². The van der Waals surface area contributed by atoms with Gasteiger partial charge in [-0.3, -0.25) is 4.79 Å². The topological polar surface area (TPSA) is 58.4 Å². The molecule has 0 aliphatic carbocycles. The fourth-order valence-corrected chi connectivity index (χ4v) is 2.20. The molecule has 0 radical (unpaired) electrons. The van der Waals surface area contributed by atoms with Gasteiger partial charge in [0.05, 0.1) is 6.04 Å². The van der Waals surface area contributed by atoms with Crippen LogP contribution in [0.25, 0.3) is 0 Å². The average molecular weight is 241 g/mol. The molecule has 1 saturated heterocycles. The van der Waals surface area contributed by atoms with Gasteiger partial charge in [-0.1, -0.05) is 20.3 Å². The Balaban J connectivity index is 2.09. The summed E-state index contributed by atoms with van der Waals surface area (Å²) in [6.07, 6.45) is 4.29. The van der Waals surface area contributed by atoms with E-state index in [1.807, 2.05) is 6.92 Å². The van der Waals surface area contributed by atoms with E-state index in [-0.39, 0.29) is 11.9 Å². The molecule has 1 amide bonds. The van der Waals surface area contributed by atoms with Crippen molar-refractivity contribution in [3.05, 3.63) is 0 Å². The summed E-state index contributed by atoms with van der Waals surface area (Å²) in [4.78, 5) is 14.0. The van der Waals surface area contributed by atoms with Crippen molar-refractivity contribution < 1.29 is 4.79 Å². The molecule has 1 aliphatic rings. The molecule has 0 saturated carbocycles. The Morgan fingerprint density at radius 3 is 2.71 bits per heavy atom. The molecule has 4 nitrogen and oxygen atoms in total. The monoisotopic (exact) mass is 241 g/mol. The third-order valence-electron chi connectivity index (χ3n) is 3.54. The third kappa shape index (κ3) is 5.50. The SMILES string of the molecule is CCC[C@H](N)C(=O)NCCN1CCC(C)CC1. The fraction of sp³-hybridized carbons (Fsp3) is 0.923. The Bertz CT molecular complexity index is 225. The molecular formula is C13H27N3O. The van der Waals surface area contributed by atoms with Gasteiger partial charge in [0.1, 0.15) is 0 Å². The summed E-state index contributed by atoms with van der Waals surface area (Å²) in [7, 11) is 0. The number of hydrogen-bond donors (Lipinski definition) is 2. The second kappa shape index (κ2) is 7.67. The second-order valence-corrected chi connectivity index (χ2v) is 5.21. The van der Waals surface area contributed by atoms with Gasteiger partial charge < -0.3 is 16.0 Å². The summed E-state index contributed by atoms with van der Waals surface area (Å²) in [6, 6.07) is -0.332. The first-order chi connectivity index (χ1) is 8.13. The van der Waals surface area contributed by atoms with Crippen molar-refractivity contribution in [3.8, 4) is 0 Å². The lowest BCUT2D eigenvalue weighted by Gasteiger charge is -2.30. The number of rotatable bonds is 6. The molecule has 1 heterocycles. The largest absolute Gasteiger partial charge is 0.353 e. The van der Waals surface area contributed by atoms with E-state index in [1.165, 1.54) is 12.8 Å². The number of likely N-dealkylation sites (tertiary alicyclic amines) is 1. The van der Waals surface area contributed by atoms with Gasteiger partial charge >= 0.3 is 0 Å². The highest BCUT2D eigenvalue weighted by Crippen LogP contribution is 2.14. The first-order valence-corrected chi connectivity index (χ1v) is 6.89. The van der Waals surface area contributed by atoms with Gasteiger partial charge in [0.2, 0.25) is 5.91 Å². The van der Waals surface area contributed by atoms with E-state index >= 15 is 0 Å². The lowest BCUT2D eigenvalue weighted by molar-refractivity contribution is -0.122. The standard InChI is InChI=1S/C13H27N3O/c1-3-4-12(14)13(17)15-7-10-16-8-5-11(2)6-9-16/h11-12H,3-10,14H2,1-2H3,(H,15,17)/t12-/m0/s1. The summed E-state index contributed by atoms with van der Waals surface area (Å²) in [5.41, 5.74) is 5.74. The highest BCUT2D eigenvalue weighted by molar-refractivity contribution is 5.81. The van der Waals surface area contributed by atoms with E-state index in [0.717, 1.165) is 44.9 Å². The minimum atomic E-state index is -0.332. The third-order valence-corrected chi connectivity index (χ3v) is 3.54. The van der Waals surface area contributed by atoms with Crippen LogP contribution in [-0.2, 0) is 4.79 Å². The molecule has 1 fully saturated rings. The Kier molecular flexibility index (Phi) is 6.52. The molecule has 0 bridgehead atoms. The average Bonchev–Trinajstić information content (AvgIpc) is 2.32. The predicted molar refractivity (Wildman–Crippen MR) is 70.7 cm³/mol. The van der Waals surface area contributed by atoms with Crippen LogP contribution in [0.1, 0.15) is 39.5 Å². The van der Waals surface area contributed by atoms with E-state index < -0.39 is 0 Å². The van der Waals surface area contributed by atoms with Crippen LogP contribution in [0.2, 0.25) is 0 Å². The van der Waals surface area contributed by atoms with Gasteiger partial charge in [-0.15, -0.1) is 0 Å². The lowest BCUT2D eigenvalue weighted by Crippen LogP contribution is -2.44. The number of nitrogens with one attached hydrogen (secondary N) is 1. The van der Waals surface area contributed by atoms with Crippen LogP contribution in [0.15, 0.2) is 0 Å². The Morgan fingerprint density at radius 1 is 1.47 bits per heavy atom. The molecular weight excluding hydrogens is 214 g/mol. The maximum atomic E-state index is 11.6. The van der Waals surface area contributed by atoms with Crippen LogP contribution in [0.5, 0.6) is 0 Å². The molecule has 0 aromatic heterocycles. The quantitative estimate of drug-likeness (QED) is 0.728. The van der Waals surface area contributed by atoms with Crippen molar-refractivity contribution in [2.24, 2.45) is 11.7 Å². The van der Waals surface area contributed by atoms with E-state index in [0.29, 0.717) is 0 Å². The molecule has 1 atom stereocenters. The van der Waals surface area contributed by atoms with E-state index in [4.69, 9.17) is 5.73 Å². The van der Waals surface area contributed by atoms with E-state index in [9.17, 15) is 4.79 Å². The number of nitrogens with zero attached hydrogens (tertiary/aromatic N) is 1. The van der Waals surface area contributed by atoms with Gasteiger partial charge in [-0.2, -0.15) is 0 Å². The Morgan fingerprint density at radius 2 is 2.12 bits per heavy atom. The summed E-state index contributed by atoms with van der Waals surface area (Å²) < 4.78 is 0. The van der Waals surface area contributed by atoms with Crippen LogP contribution in [0.3, 0.4) is 0 Å². The maximum Gasteiger partial charge on any atom is 0.236 e. The van der Waals surface area contributed by atoms with Crippen LogP contribution in [0, 0.1) is 5.92 Å². The zero-order chi connectivity index (χ0) is 12.7. The molecule has 4 heteroatoms. The van der Waals surface area contributed by atoms with E-state index in [1.54, 1.807) is 0 Å². The second-order valence-electron chi connectivity index (χ2n) is 5.21. The molecule has 0 aromatic carbocycles. The zero-order valence-electron chi connectivity index (χ0n) is 11.2. The molecule has 0 unspecified atom stereocenters. The van der Waals surface area contributed by atoms with Gasteiger partial charge in [-0.25, -0.2) is 0 Å². The first-order valence-electron chi connectivity index (χ1n) is 6.89. The van der Waals surface area contributed by atoms with Gasteiger partial charge in [0, 0.05) is 13.1 Å². The zero-order valence-corrected chi connectivity index (χ0v) is 11.2. The van der Waals surface area contributed by atoms with Crippen LogP contribution < -0.4 is 11.1 Å². The number of piperidine rings is 1. The number of carbonyl (C=O) groups excluding carboxylic acids is 1. The summed E-state index contributed by atoms with van der Waals surface area (Å²) in [5, 5.41) is 2.92. The molecule has 1 rings (SSSR count). The number of nitrogens with two attached hydrogens (primary N) is 1.